The van der Waals surface area contributed by atoms with Crippen LogP contribution in [0.3, 0.4) is 0 Å². The molecule has 0 radical (unpaired) electrons. The van der Waals surface area contributed by atoms with E-state index < -0.39 is 15.9 Å². The zero-order valence-electron chi connectivity index (χ0n) is 10.9. The van der Waals surface area contributed by atoms with Crippen molar-refractivity contribution in [3.63, 3.8) is 0 Å². The first-order valence-corrected chi connectivity index (χ1v) is 8.21. The predicted octanol–water partition coefficient (Wildman–Crippen LogP) is -1.23. The van der Waals surface area contributed by atoms with E-state index >= 15 is 0 Å². The Bertz CT molecular complexity index is 540. The minimum absolute atomic E-state index is 0.146. The molecule has 0 spiro atoms. The Morgan fingerprint density at radius 3 is 2.84 bits per heavy atom. The van der Waals surface area contributed by atoms with Gasteiger partial charge in [0.2, 0.25) is 0 Å². The Labute approximate surface area is 112 Å². The molecule has 0 saturated heterocycles. The first-order valence-electron chi connectivity index (χ1n) is 6.14. The molecule has 2 rings (SSSR count). The number of hydrogen-bond acceptors (Lipinski definition) is 6. The summed E-state index contributed by atoms with van der Waals surface area (Å²) in [5.74, 6) is 0.146. The Hall–Kier alpha value is -0.960. The van der Waals surface area contributed by atoms with Crippen LogP contribution in [0.5, 0.6) is 0 Å². The fraction of sp³-hybridized carbons (Fsp3) is 0.727. The van der Waals surface area contributed by atoms with Gasteiger partial charge in [-0.05, 0) is 6.07 Å². The van der Waals surface area contributed by atoms with Crippen molar-refractivity contribution in [3.8, 4) is 0 Å². The Balaban J connectivity index is 2.01. The van der Waals surface area contributed by atoms with Gasteiger partial charge in [0, 0.05) is 25.9 Å². The number of rotatable bonds is 5. The molecule has 1 aliphatic rings. The highest BCUT2D eigenvalue weighted by Crippen LogP contribution is 2.17. The molecule has 1 aliphatic heterocycles. The third-order valence-electron chi connectivity index (χ3n) is 3.19. The van der Waals surface area contributed by atoms with Crippen LogP contribution < -0.4 is 0 Å². The van der Waals surface area contributed by atoms with Crippen molar-refractivity contribution in [2.45, 2.75) is 19.2 Å². The average molecular weight is 289 g/mol. The molecule has 1 unspecified atom stereocenters. The summed E-state index contributed by atoms with van der Waals surface area (Å²) in [5, 5.41) is 22.7. The zero-order valence-corrected chi connectivity index (χ0v) is 11.7. The topological polar surface area (TPSA) is 95.7 Å². The van der Waals surface area contributed by atoms with Crippen molar-refractivity contribution in [1.82, 2.24) is 14.7 Å². The maximum absolute atomic E-state index is 11.1. The first-order chi connectivity index (χ1) is 8.89. The molecule has 2 N–H and O–H groups in total. The number of fused-ring (bicyclic) bond motifs is 1. The maximum Gasteiger partial charge on any atom is 0.148 e. The van der Waals surface area contributed by atoms with E-state index in [0.717, 1.165) is 12.2 Å². The summed E-state index contributed by atoms with van der Waals surface area (Å²) in [7, 11) is -2.95. The summed E-state index contributed by atoms with van der Waals surface area (Å²) in [5.41, 5.74) is 1.39. The van der Waals surface area contributed by atoms with Gasteiger partial charge in [0.05, 0.1) is 30.3 Å². The smallest absolute Gasteiger partial charge is 0.148 e. The molecule has 0 fully saturated rings. The largest absolute Gasteiger partial charge is 0.393 e. The second-order valence-corrected chi connectivity index (χ2v) is 7.15. The molecule has 1 aromatic rings. The van der Waals surface area contributed by atoms with Gasteiger partial charge in [-0.2, -0.15) is 5.10 Å². The van der Waals surface area contributed by atoms with Crippen LogP contribution >= 0.6 is 0 Å². The van der Waals surface area contributed by atoms with Crippen LogP contribution in [0.4, 0.5) is 0 Å². The molecule has 1 aromatic heterocycles. The van der Waals surface area contributed by atoms with E-state index in [-0.39, 0.29) is 12.4 Å². The minimum Gasteiger partial charge on any atom is -0.393 e. The Morgan fingerprint density at radius 1 is 1.47 bits per heavy atom. The molecule has 0 bridgehead atoms. The van der Waals surface area contributed by atoms with Crippen LogP contribution in [0.25, 0.3) is 0 Å². The third-order valence-corrected chi connectivity index (χ3v) is 4.11. The van der Waals surface area contributed by atoms with Gasteiger partial charge >= 0.3 is 0 Å². The number of hydrogen-bond donors (Lipinski definition) is 2. The third kappa shape index (κ3) is 3.75. The highest BCUT2D eigenvalue weighted by molar-refractivity contribution is 7.90. The van der Waals surface area contributed by atoms with Gasteiger partial charge in [-0.15, -0.1) is 0 Å². The van der Waals surface area contributed by atoms with Gasteiger partial charge < -0.3 is 10.2 Å². The standard InChI is InChI=1S/C11H19N3O4S/c1-19(17,18)5-4-13-2-3-14-9(7-13)6-10(12-14)11(16)8-15/h6,11,15-16H,2-5,7-8H2,1H3. The van der Waals surface area contributed by atoms with Gasteiger partial charge in [0.1, 0.15) is 15.9 Å². The van der Waals surface area contributed by atoms with E-state index in [1.807, 2.05) is 4.90 Å². The molecule has 19 heavy (non-hydrogen) atoms. The monoisotopic (exact) mass is 289 g/mol. The molecule has 0 aliphatic carbocycles. The van der Waals surface area contributed by atoms with Crippen molar-refractivity contribution in [2.24, 2.45) is 0 Å². The molecule has 0 aromatic carbocycles. The van der Waals surface area contributed by atoms with Crippen LogP contribution in [0.15, 0.2) is 6.07 Å². The van der Waals surface area contributed by atoms with Crippen molar-refractivity contribution in [3.05, 3.63) is 17.5 Å². The second-order valence-electron chi connectivity index (χ2n) is 4.89. The summed E-state index contributed by atoms with van der Waals surface area (Å²) >= 11 is 0. The van der Waals surface area contributed by atoms with Gasteiger partial charge in [-0.25, -0.2) is 8.42 Å². The lowest BCUT2D eigenvalue weighted by molar-refractivity contribution is 0.0915. The van der Waals surface area contributed by atoms with Crippen molar-refractivity contribution in [2.75, 3.05) is 31.7 Å². The second kappa shape index (κ2) is 5.58. The molecule has 108 valence electrons. The number of aliphatic hydroxyl groups excluding tert-OH is 2. The molecule has 2 heterocycles. The number of nitrogens with zero attached hydrogens (tertiary/aromatic N) is 3. The van der Waals surface area contributed by atoms with E-state index in [2.05, 4.69) is 5.10 Å². The van der Waals surface area contributed by atoms with E-state index in [4.69, 9.17) is 5.11 Å². The molecule has 1 atom stereocenters. The molecular formula is C11H19N3O4S. The maximum atomic E-state index is 11.1. The molecule has 8 heteroatoms. The quantitative estimate of drug-likeness (QED) is 0.704. The molecule has 0 amide bonds. The van der Waals surface area contributed by atoms with E-state index in [1.54, 1.807) is 10.7 Å². The zero-order chi connectivity index (χ0) is 14.0. The number of aromatic nitrogens is 2. The van der Waals surface area contributed by atoms with Crippen LogP contribution in [0, 0.1) is 0 Å². The summed E-state index contributed by atoms with van der Waals surface area (Å²) in [6.07, 6.45) is 0.277. The Kier molecular flexibility index (Phi) is 4.24. The van der Waals surface area contributed by atoms with E-state index in [1.165, 1.54) is 6.26 Å². The average Bonchev–Trinajstić information content (AvgIpc) is 2.77. The highest BCUT2D eigenvalue weighted by Gasteiger charge is 2.21. The summed E-state index contributed by atoms with van der Waals surface area (Å²) < 4.78 is 24.1. The summed E-state index contributed by atoms with van der Waals surface area (Å²) in [6.45, 7) is 2.16. The fourth-order valence-electron chi connectivity index (χ4n) is 2.09. The lowest BCUT2D eigenvalue weighted by Crippen LogP contribution is -2.36. The van der Waals surface area contributed by atoms with Gasteiger partial charge in [-0.3, -0.25) is 9.58 Å². The minimum atomic E-state index is -2.95. The van der Waals surface area contributed by atoms with Gasteiger partial charge in [-0.1, -0.05) is 0 Å². The van der Waals surface area contributed by atoms with Gasteiger partial charge in [0.15, 0.2) is 0 Å². The van der Waals surface area contributed by atoms with Crippen molar-refractivity contribution >= 4 is 9.84 Å². The molecule has 7 nitrogen and oxygen atoms in total. The van der Waals surface area contributed by atoms with E-state index in [0.29, 0.717) is 25.3 Å². The van der Waals surface area contributed by atoms with Crippen LogP contribution in [-0.4, -0.2) is 65.0 Å². The van der Waals surface area contributed by atoms with Crippen molar-refractivity contribution < 1.29 is 18.6 Å². The predicted molar refractivity (Wildman–Crippen MR) is 69.3 cm³/mol. The molecule has 0 saturated carbocycles. The SMILES string of the molecule is CS(=O)(=O)CCN1CCn2nc(C(O)CO)cc2C1. The lowest BCUT2D eigenvalue weighted by Gasteiger charge is -2.27. The van der Waals surface area contributed by atoms with Crippen LogP contribution in [-0.2, 0) is 22.9 Å². The van der Waals surface area contributed by atoms with Crippen molar-refractivity contribution in [1.29, 1.82) is 0 Å². The normalized spacial score (nSPS) is 18.3. The summed E-state index contributed by atoms with van der Waals surface area (Å²) in [4.78, 5) is 2.05. The summed E-state index contributed by atoms with van der Waals surface area (Å²) in [6, 6.07) is 1.76. The number of aliphatic hydroxyl groups is 2. The molecular weight excluding hydrogens is 270 g/mol. The lowest BCUT2D eigenvalue weighted by atomic mass is 10.2. The first kappa shape index (κ1) is 14.4. The van der Waals surface area contributed by atoms with Crippen LogP contribution in [0.2, 0.25) is 0 Å². The Morgan fingerprint density at radius 2 is 2.21 bits per heavy atom. The fourth-order valence-corrected chi connectivity index (χ4v) is 2.67. The highest BCUT2D eigenvalue weighted by atomic mass is 32.2. The van der Waals surface area contributed by atoms with Gasteiger partial charge in [0.25, 0.3) is 0 Å². The van der Waals surface area contributed by atoms with Crippen LogP contribution in [0.1, 0.15) is 17.5 Å². The number of sulfone groups is 1. The van der Waals surface area contributed by atoms with E-state index in [9.17, 15) is 13.5 Å².